The Morgan fingerprint density at radius 1 is 1.15 bits per heavy atom. The van der Waals surface area contributed by atoms with Gasteiger partial charge in [0.25, 0.3) is 0 Å². The normalized spacial score (nSPS) is 37.7. The first-order chi connectivity index (χ1) is 9.76. The Morgan fingerprint density at radius 3 is 2.80 bits per heavy atom. The number of hydrogen-bond donors (Lipinski definition) is 1. The third kappa shape index (κ3) is 1.74. The van der Waals surface area contributed by atoms with Gasteiger partial charge in [0.1, 0.15) is 5.82 Å². The molecule has 0 spiro atoms. The van der Waals surface area contributed by atoms with Crippen LogP contribution in [0.2, 0.25) is 0 Å². The summed E-state index contributed by atoms with van der Waals surface area (Å²) in [5.41, 5.74) is 0.952. The summed E-state index contributed by atoms with van der Waals surface area (Å²) in [7, 11) is 0. The van der Waals surface area contributed by atoms with E-state index in [-0.39, 0.29) is 5.82 Å². The van der Waals surface area contributed by atoms with Gasteiger partial charge < -0.3 is 5.32 Å². The number of nitriles is 1. The highest BCUT2D eigenvalue weighted by atomic mass is 19.1. The number of benzene rings is 1. The Hall–Kier alpha value is -1.56. The molecule has 1 aromatic rings. The van der Waals surface area contributed by atoms with Crippen molar-refractivity contribution in [3.05, 3.63) is 29.6 Å². The number of nitrogens with one attached hydrogen (secondary N) is 1. The standard InChI is InChI=1S/C17H19FN2/c18-15-6-10(9-19)4-5-16(15)20-17-8-11-7-14(17)13-3-1-2-12(11)13/h4-6,11-14,17,20H,1-3,7-8H2. The fraction of sp³-hybridized carbons (Fsp3) is 0.588. The predicted octanol–water partition coefficient (Wildman–Crippen LogP) is 3.93. The largest absolute Gasteiger partial charge is 0.380 e. The van der Waals surface area contributed by atoms with E-state index < -0.39 is 0 Å². The van der Waals surface area contributed by atoms with Gasteiger partial charge in [0.15, 0.2) is 0 Å². The highest BCUT2D eigenvalue weighted by Crippen LogP contribution is 2.59. The number of halogens is 1. The van der Waals surface area contributed by atoms with E-state index in [9.17, 15) is 4.39 Å². The van der Waals surface area contributed by atoms with Crippen LogP contribution in [0.3, 0.4) is 0 Å². The lowest BCUT2D eigenvalue weighted by molar-refractivity contribution is 0.243. The van der Waals surface area contributed by atoms with Gasteiger partial charge in [-0.3, -0.25) is 0 Å². The summed E-state index contributed by atoms with van der Waals surface area (Å²) < 4.78 is 14.0. The molecule has 3 saturated carbocycles. The van der Waals surface area contributed by atoms with Crippen molar-refractivity contribution in [1.29, 1.82) is 5.26 Å². The van der Waals surface area contributed by atoms with Gasteiger partial charge in [-0.15, -0.1) is 0 Å². The maximum atomic E-state index is 14.0. The second kappa shape index (κ2) is 4.48. The fourth-order valence-electron chi connectivity index (χ4n) is 5.14. The summed E-state index contributed by atoms with van der Waals surface area (Å²) in [5, 5.41) is 12.2. The van der Waals surface area contributed by atoms with E-state index in [4.69, 9.17) is 5.26 Å². The number of hydrogen-bond acceptors (Lipinski definition) is 2. The summed E-state index contributed by atoms with van der Waals surface area (Å²) >= 11 is 0. The van der Waals surface area contributed by atoms with Crippen molar-refractivity contribution in [3.8, 4) is 6.07 Å². The van der Waals surface area contributed by atoms with Crippen molar-refractivity contribution in [3.63, 3.8) is 0 Å². The molecule has 1 N–H and O–H groups in total. The van der Waals surface area contributed by atoms with E-state index in [0.717, 1.165) is 23.7 Å². The van der Waals surface area contributed by atoms with Gasteiger partial charge in [0.2, 0.25) is 0 Å². The Bertz CT molecular complexity index is 577. The Balaban J connectivity index is 1.52. The molecule has 5 unspecified atom stereocenters. The van der Waals surface area contributed by atoms with E-state index in [1.165, 1.54) is 38.2 Å². The molecule has 0 aliphatic heterocycles. The second-order valence-electron chi connectivity index (χ2n) is 6.71. The highest BCUT2D eigenvalue weighted by molar-refractivity contribution is 5.50. The average molecular weight is 270 g/mol. The van der Waals surface area contributed by atoms with Crippen LogP contribution >= 0.6 is 0 Å². The first-order valence-corrected chi connectivity index (χ1v) is 7.72. The SMILES string of the molecule is N#Cc1ccc(NC2CC3CC2C2CCCC32)c(F)c1. The minimum Gasteiger partial charge on any atom is -0.380 e. The van der Waals surface area contributed by atoms with Crippen LogP contribution in [0.5, 0.6) is 0 Å². The zero-order chi connectivity index (χ0) is 13.7. The summed E-state index contributed by atoms with van der Waals surface area (Å²) in [6.45, 7) is 0. The summed E-state index contributed by atoms with van der Waals surface area (Å²) in [6, 6.07) is 7.14. The first kappa shape index (κ1) is 12.2. The summed E-state index contributed by atoms with van der Waals surface area (Å²) in [6.07, 6.45) is 6.72. The van der Waals surface area contributed by atoms with Crippen molar-refractivity contribution < 1.29 is 4.39 Å². The van der Waals surface area contributed by atoms with Gasteiger partial charge in [0, 0.05) is 6.04 Å². The van der Waals surface area contributed by atoms with Crippen LogP contribution in [0.4, 0.5) is 10.1 Å². The number of fused-ring (bicyclic) bond motifs is 5. The smallest absolute Gasteiger partial charge is 0.147 e. The maximum Gasteiger partial charge on any atom is 0.147 e. The van der Waals surface area contributed by atoms with Crippen molar-refractivity contribution in [1.82, 2.24) is 0 Å². The lowest BCUT2D eigenvalue weighted by Crippen LogP contribution is -2.34. The summed E-state index contributed by atoms with van der Waals surface area (Å²) in [5.74, 6) is 3.15. The van der Waals surface area contributed by atoms with E-state index >= 15 is 0 Å². The van der Waals surface area contributed by atoms with Crippen LogP contribution in [0.15, 0.2) is 18.2 Å². The van der Waals surface area contributed by atoms with Crippen molar-refractivity contribution >= 4 is 5.69 Å². The molecule has 0 saturated heterocycles. The molecule has 3 fully saturated rings. The number of anilines is 1. The van der Waals surface area contributed by atoms with Crippen LogP contribution in [-0.2, 0) is 0 Å². The van der Waals surface area contributed by atoms with Crippen LogP contribution in [0.25, 0.3) is 0 Å². The van der Waals surface area contributed by atoms with Gasteiger partial charge in [-0.1, -0.05) is 6.42 Å². The minimum atomic E-state index is -0.296. The van der Waals surface area contributed by atoms with Gasteiger partial charge >= 0.3 is 0 Å². The Kier molecular flexibility index (Phi) is 2.73. The molecule has 3 heteroatoms. The molecule has 4 rings (SSSR count). The highest BCUT2D eigenvalue weighted by Gasteiger charge is 2.53. The van der Waals surface area contributed by atoms with Gasteiger partial charge in [-0.25, -0.2) is 4.39 Å². The van der Waals surface area contributed by atoms with Gasteiger partial charge in [0.05, 0.1) is 17.3 Å². The topological polar surface area (TPSA) is 35.8 Å². The lowest BCUT2D eigenvalue weighted by Gasteiger charge is -2.32. The fourth-order valence-corrected chi connectivity index (χ4v) is 5.14. The minimum absolute atomic E-state index is 0.296. The Labute approximate surface area is 119 Å². The quantitative estimate of drug-likeness (QED) is 0.883. The van der Waals surface area contributed by atoms with E-state index in [0.29, 0.717) is 17.3 Å². The molecule has 0 amide bonds. The third-order valence-corrected chi connectivity index (χ3v) is 5.87. The average Bonchev–Trinajstić information content (AvgIpc) is 3.12. The van der Waals surface area contributed by atoms with Gasteiger partial charge in [-0.05, 0) is 67.6 Å². The summed E-state index contributed by atoms with van der Waals surface area (Å²) in [4.78, 5) is 0. The molecule has 0 heterocycles. The van der Waals surface area contributed by atoms with E-state index in [1.54, 1.807) is 12.1 Å². The van der Waals surface area contributed by atoms with E-state index in [2.05, 4.69) is 5.32 Å². The van der Waals surface area contributed by atoms with Crippen LogP contribution in [0, 0.1) is 40.8 Å². The molecule has 3 aliphatic rings. The zero-order valence-corrected chi connectivity index (χ0v) is 11.5. The lowest BCUT2D eigenvalue weighted by atomic mass is 9.79. The van der Waals surface area contributed by atoms with Crippen molar-refractivity contribution in [2.75, 3.05) is 5.32 Å². The van der Waals surface area contributed by atoms with Gasteiger partial charge in [-0.2, -0.15) is 5.26 Å². The molecule has 3 aliphatic carbocycles. The van der Waals surface area contributed by atoms with E-state index in [1.807, 2.05) is 6.07 Å². The zero-order valence-electron chi connectivity index (χ0n) is 11.5. The third-order valence-electron chi connectivity index (χ3n) is 5.87. The van der Waals surface area contributed by atoms with Crippen LogP contribution < -0.4 is 5.32 Å². The molecule has 1 aromatic carbocycles. The molecule has 20 heavy (non-hydrogen) atoms. The first-order valence-electron chi connectivity index (χ1n) is 7.72. The monoisotopic (exact) mass is 270 g/mol. The molecular formula is C17H19FN2. The maximum absolute atomic E-state index is 14.0. The molecular weight excluding hydrogens is 251 g/mol. The molecule has 104 valence electrons. The Morgan fingerprint density at radius 2 is 2.00 bits per heavy atom. The molecule has 0 radical (unpaired) electrons. The molecule has 2 nitrogen and oxygen atoms in total. The number of nitrogens with zero attached hydrogens (tertiary/aromatic N) is 1. The van der Waals surface area contributed by atoms with Crippen molar-refractivity contribution in [2.45, 2.75) is 38.1 Å². The van der Waals surface area contributed by atoms with Crippen LogP contribution in [0.1, 0.15) is 37.7 Å². The predicted molar refractivity (Wildman–Crippen MR) is 75.6 cm³/mol. The molecule has 2 bridgehead atoms. The molecule has 0 aromatic heterocycles. The number of rotatable bonds is 2. The van der Waals surface area contributed by atoms with Crippen LogP contribution in [-0.4, -0.2) is 6.04 Å². The molecule has 5 atom stereocenters. The second-order valence-corrected chi connectivity index (χ2v) is 6.71. The van der Waals surface area contributed by atoms with Crippen molar-refractivity contribution in [2.24, 2.45) is 23.7 Å².